The van der Waals surface area contributed by atoms with E-state index in [2.05, 4.69) is 17.6 Å². The molecule has 0 aliphatic carbocycles. The highest BCUT2D eigenvalue weighted by molar-refractivity contribution is 6.06. The van der Waals surface area contributed by atoms with Crippen molar-refractivity contribution in [2.45, 2.75) is 25.9 Å². The molecule has 0 aliphatic rings. The van der Waals surface area contributed by atoms with Gasteiger partial charge in [0.1, 0.15) is 6.26 Å². The fourth-order valence-corrected chi connectivity index (χ4v) is 3.15. The molecule has 1 heterocycles. The average Bonchev–Trinajstić information content (AvgIpc) is 3.33. The van der Waals surface area contributed by atoms with E-state index in [9.17, 15) is 22.8 Å². The molecule has 0 saturated heterocycles. The maximum Gasteiger partial charge on any atom is 0.418 e. The Hall–Kier alpha value is -3.75. The van der Waals surface area contributed by atoms with E-state index in [1.807, 2.05) is 11.9 Å². The van der Waals surface area contributed by atoms with Crippen LogP contribution < -0.4 is 15.5 Å². The summed E-state index contributed by atoms with van der Waals surface area (Å²) in [6, 6.07) is 11.2. The summed E-state index contributed by atoms with van der Waals surface area (Å²) in [6.45, 7) is 2.96. The zero-order chi connectivity index (χ0) is 24.0. The molecule has 2 aromatic carbocycles. The lowest BCUT2D eigenvalue weighted by molar-refractivity contribution is -0.136. The first kappa shape index (κ1) is 23.9. The van der Waals surface area contributed by atoms with Gasteiger partial charge in [-0.25, -0.2) is 0 Å². The minimum Gasteiger partial charge on any atom is -0.472 e. The van der Waals surface area contributed by atoms with Gasteiger partial charge in [-0.3, -0.25) is 9.59 Å². The average molecular weight is 459 g/mol. The number of amides is 2. The molecule has 1 aromatic heterocycles. The van der Waals surface area contributed by atoms with Crippen molar-refractivity contribution in [2.75, 3.05) is 29.1 Å². The van der Waals surface area contributed by atoms with Crippen LogP contribution in [0, 0.1) is 0 Å². The lowest BCUT2D eigenvalue weighted by Crippen LogP contribution is -2.19. The predicted molar refractivity (Wildman–Crippen MR) is 121 cm³/mol. The van der Waals surface area contributed by atoms with Gasteiger partial charge in [0.15, 0.2) is 0 Å². The number of alkyl halides is 3. The largest absolute Gasteiger partial charge is 0.472 e. The van der Waals surface area contributed by atoms with Crippen molar-refractivity contribution in [1.82, 2.24) is 0 Å². The second kappa shape index (κ2) is 10.2. The Morgan fingerprint density at radius 3 is 2.27 bits per heavy atom. The summed E-state index contributed by atoms with van der Waals surface area (Å²) in [5.41, 5.74) is -0.229. The normalized spacial score (nSPS) is 11.2. The zero-order valence-electron chi connectivity index (χ0n) is 18.2. The molecule has 174 valence electrons. The lowest BCUT2D eigenvalue weighted by Gasteiger charge is -2.19. The standard InChI is InChI=1S/C24H24F3N3O3/c1-3-4-12-30(2)19-8-5-16(6-9-19)22(31)29-21-10-7-18(14-20(21)24(25,26)27)28-23(32)17-11-13-33-15-17/h5-11,13-15H,3-4,12H2,1-2H3,(H,28,32)(H,29,31). The Bertz CT molecular complexity index is 1090. The maximum atomic E-state index is 13.7. The van der Waals surface area contributed by atoms with Crippen molar-refractivity contribution in [1.29, 1.82) is 0 Å². The second-order valence-electron chi connectivity index (χ2n) is 7.50. The van der Waals surface area contributed by atoms with E-state index in [1.54, 1.807) is 24.3 Å². The molecule has 33 heavy (non-hydrogen) atoms. The molecule has 3 aromatic rings. The fourth-order valence-electron chi connectivity index (χ4n) is 3.15. The Morgan fingerprint density at radius 2 is 1.67 bits per heavy atom. The number of furan rings is 1. The monoisotopic (exact) mass is 459 g/mol. The molecular weight excluding hydrogens is 435 g/mol. The van der Waals surface area contributed by atoms with E-state index in [0.29, 0.717) is 0 Å². The molecule has 0 aliphatic heterocycles. The summed E-state index contributed by atoms with van der Waals surface area (Å²) >= 11 is 0. The van der Waals surface area contributed by atoms with Gasteiger partial charge in [-0.1, -0.05) is 13.3 Å². The number of halogens is 3. The van der Waals surface area contributed by atoms with Crippen LogP contribution in [0.2, 0.25) is 0 Å². The molecule has 0 radical (unpaired) electrons. The third-order valence-electron chi connectivity index (χ3n) is 5.03. The van der Waals surface area contributed by atoms with Gasteiger partial charge in [0.25, 0.3) is 11.8 Å². The number of nitrogens with zero attached hydrogens (tertiary/aromatic N) is 1. The predicted octanol–water partition coefficient (Wildman–Crippen LogP) is 6.04. The summed E-state index contributed by atoms with van der Waals surface area (Å²) < 4.78 is 45.8. The van der Waals surface area contributed by atoms with Crippen LogP contribution in [0.5, 0.6) is 0 Å². The number of unbranched alkanes of at least 4 members (excludes halogenated alkanes) is 1. The molecule has 0 atom stereocenters. The SMILES string of the molecule is CCCCN(C)c1ccc(C(=O)Nc2ccc(NC(=O)c3ccoc3)cc2C(F)(F)F)cc1. The van der Waals surface area contributed by atoms with E-state index in [1.165, 1.54) is 24.7 Å². The van der Waals surface area contributed by atoms with Crippen LogP contribution in [0.4, 0.5) is 30.2 Å². The van der Waals surface area contributed by atoms with Crippen LogP contribution in [-0.2, 0) is 6.18 Å². The minimum absolute atomic E-state index is 0.0639. The molecule has 0 bridgehead atoms. The Labute approximate surface area is 189 Å². The van der Waals surface area contributed by atoms with Gasteiger partial charge in [-0.2, -0.15) is 13.2 Å². The Morgan fingerprint density at radius 1 is 0.970 bits per heavy atom. The number of hydrogen-bond acceptors (Lipinski definition) is 4. The van der Waals surface area contributed by atoms with E-state index >= 15 is 0 Å². The van der Waals surface area contributed by atoms with E-state index in [4.69, 9.17) is 4.42 Å². The van der Waals surface area contributed by atoms with Crippen LogP contribution in [0.25, 0.3) is 0 Å². The van der Waals surface area contributed by atoms with Crippen molar-refractivity contribution in [3.63, 3.8) is 0 Å². The van der Waals surface area contributed by atoms with Gasteiger partial charge in [-0.05, 0) is 55.0 Å². The van der Waals surface area contributed by atoms with Crippen molar-refractivity contribution < 1.29 is 27.2 Å². The van der Waals surface area contributed by atoms with Crippen LogP contribution in [0.15, 0.2) is 65.5 Å². The third-order valence-corrected chi connectivity index (χ3v) is 5.03. The number of hydrogen-bond donors (Lipinski definition) is 2. The van der Waals surface area contributed by atoms with E-state index < -0.39 is 29.2 Å². The number of anilines is 3. The molecule has 9 heteroatoms. The molecule has 0 spiro atoms. The number of carbonyl (C=O) groups is 2. The second-order valence-corrected chi connectivity index (χ2v) is 7.50. The first-order valence-corrected chi connectivity index (χ1v) is 10.4. The molecule has 0 fully saturated rings. The van der Waals surface area contributed by atoms with E-state index in [-0.39, 0.29) is 16.8 Å². The van der Waals surface area contributed by atoms with Crippen LogP contribution in [-0.4, -0.2) is 25.4 Å². The van der Waals surface area contributed by atoms with Crippen LogP contribution in [0.1, 0.15) is 46.0 Å². The number of nitrogens with one attached hydrogen (secondary N) is 2. The molecule has 3 rings (SSSR count). The minimum atomic E-state index is -4.75. The molecule has 2 amide bonds. The zero-order valence-corrected chi connectivity index (χ0v) is 18.2. The van der Waals surface area contributed by atoms with Crippen LogP contribution in [0.3, 0.4) is 0 Å². The summed E-state index contributed by atoms with van der Waals surface area (Å²) in [5, 5.41) is 4.71. The molecule has 2 N–H and O–H groups in total. The first-order valence-electron chi connectivity index (χ1n) is 10.4. The molecule has 0 unspecified atom stereocenters. The third kappa shape index (κ3) is 6.15. The lowest BCUT2D eigenvalue weighted by atomic mass is 10.1. The molecule has 6 nitrogen and oxygen atoms in total. The Balaban J connectivity index is 1.76. The smallest absolute Gasteiger partial charge is 0.418 e. The number of benzene rings is 2. The van der Waals surface area contributed by atoms with Crippen molar-refractivity contribution in [2.24, 2.45) is 0 Å². The Kier molecular flexibility index (Phi) is 7.42. The van der Waals surface area contributed by atoms with Crippen molar-refractivity contribution in [3.05, 3.63) is 77.7 Å². The highest BCUT2D eigenvalue weighted by atomic mass is 19.4. The van der Waals surface area contributed by atoms with Gasteiger partial charge >= 0.3 is 6.18 Å². The topological polar surface area (TPSA) is 74.6 Å². The van der Waals surface area contributed by atoms with Gasteiger partial charge in [0, 0.05) is 30.5 Å². The van der Waals surface area contributed by atoms with Crippen molar-refractivity contribution >= 4 is 28.9 Å². The van der Waals surface area contributed by atoms with Crippen LogP contribution >= 0.6 is 0 Å². The maximum absolute atomic E-state index is 13.7. The summed E-state index contributed by atoms with van der Waals surface area (Å²) in [5.74, 6) is -1.28. The highest BCUT2D eigenvalue weighted by Gasteiger charge is 2.34. The van der Waals surface area contributed by atoms with Gasteiger partial charge in [0.2, 0.25) is 0 Å². The highest BCUT2D eigenvalue weighted by Crippen LogP contribution is 2.37. The summed E-state index contributed by atoms with van der Waals surface area (Å²) in [7, 11) is 1.94. The summed E-state index contributed by atoms with van der Waals surface area (Å²) in [6.07, 6.45) is -0.202. The number of carbonyl (C=O) groups excluding carboxylic acids is 2. The van der Waals surface area contributed by atoms with Gasteiger partial charge in [-0.15, -0.1) is 0 Å². The molecular formula is C24H24F3N3O3. The quantitative estimate of drug-likeness (QED) is 0.431. The fraction of sp³-hybridized carbons (Fsp3) is 0.250. The van der Waals surface area contributed by atoms with Crippen molar-refractivity contribution in [3.8, 4) is 0 Å². The van der Waals surface area contributed by atoms with Gasteiger partial charge in [0.05, 0.1) is 23.1 Å². The van der Waals surface area contributed by atoms with E-state index in [0.717, 1.165) is 37.2 Å². The van der Waals surface area contributed by atoms with Gasteiger partial charge < -0.3 is 20.0 Å². The first-order chi connectivity index (χ1) is 15.7. The molecule has 0 saturated carbocycles. The summed E-state index contributed by atoms with van der Waals surface area (Å²) in [4.78, 5) is 26.7. The number of rotatable bonds is 8.